The van der Waals surface area contributed by atoms with Crippen molar-refractivity contribution in [3.63, 3.8) is 0 Å². The van der Waals surface area contributed by atoms with E-state index in [4.69, 9.17) is 0 Å². The first-order valence-electron chi connectivity index (χ1n) is 6.92. The Labute approximate surface area is 120 Å². The predicted octanol–water partition coefficient (Wildman–Crippen LogP) is 3.42. The summed E-state index contributed by atoms with van der Waals surface area (Å²) in [6, 6.07) is 7.65. The van der Waals surface area contributed by atoms with Crippen LogP contribution in [-0.4, -0.2) is 18.7 Å². The molecular weight excluding hydrogens is 278 g/mol. The monoisotopic (exact) mass is 299 g/mol. The fourth-order valence-electron chi connectivity index (χ4n) is 2.06. The van der Waals surface area contributed by atoms with Crippen LogP contribution in [0.1, 0.15) is 45.4 Å². The minimum atomic E-state index is -3.89. The zero-order chi connectivity index (χ0) is 15.0. The van der Waals surface area contributed by atoms with Crippen LogP contribution in [0.5, 0.6) is 0 Å². The smallest absolute Gasteiger partial charge is 0.263 e. The van der Waals surface area contributed by atoms with E-state index in [0.717, 1.165) is 25.7 Å². The van der Waals surface area contributed by atoms with E-state index in [9.17, 15) is 18.5 Å². The molecule has 0 bridgehead atoms. The summed E-state index contributed by atoms with van der Waals surface area (Å²) < 4.78 is 24.5. The maximum absolute atomic E-state index is 12.3. The summed E-state index contributed by atoms with van der Waals surface area (Å²) in [6.07, 6.45) is 4.63. The third-order valence-electron chi connectivity index (χ3n) is 3.22. The molecular formula is C14H21NO4S. The fourth-order valence-corrected chi connectivity index (χ4v) is 3.62. The summed E-state index contributed by atoms with van der Waals surface area (Å²) in [6.45, 7) is 2.08. The summed E-state index contributed by atoms with van der Waals surface area (Å²) in [7, 11) is -3.89. The molecule has 0 radical (unpaired) electrons. The molecule has 0 saturated heterocycles. The first-order chi connectivity index (χ1) is 9.50. The highest BCUT2D eigenvalue weighted by molar-refractivity contribution is 7.91. The van der Waals surface area contributed by atoms with E-state index in [1.54, 1.807) is 18.2 Å². The highest BCUT2D eigenvalue weighted by Gasteiger charge is 2.36. The number of nitro groups is 1. The molecule has 0 aliphatic rings. The topological polar surface area (TPSA) is 77.3 Å². The molecule has 112 valence electrons. The molecule has 0 aromatic heterocycles. The number of benzene rings is 1. The zero-order valence-electron chi connectivity index (χ0n) is 11.7. The number of hydrogen-bond donors (Lipinski definition) is 0. The van der Waals surface area contributed by atoms with Gasteiger partial charge < -0.3 is 0 Å². The molecule has 0 aliphatic heterocycles. The van der Waals surface area contributed by atoms with Gasteiger partial charge in [0.1, 0.15) is 0 Å². The van der Waals surface area contributed by atoms with Gasteiger partial charge >= 0.3 is 5.37 Å². The lowest BCUT2D eigenvalue weighted by Crippen LogP contribution is -2.29. The molecule has 1 unspecified atom stereocenters. The molecule has 1 aromatic carbocycles. The average molecular weight is 299 g/mol. The molecule has 0 N–H and O–H groups in total. The zero-order valence-corrected chi connectivity index (χ0v) is 12.5. The number of rotatable bonds is 9. The maximum Gasteiger partial charge on any atom is 0.314 e. The summed E-state index contributed by atoms with van der Waals surface area (Å²) in [4.78, 5) is 10.4. The van der Waals surface area contributed by atoms with Gasteiger partial charge in [-0.1, -0.05) is 50.8 Å². The van der Waals surface area contributed by atoms with Crippen LogP contribution in [0, 0.1) is 10.1 Å². The number of sulfone groups is 1. The second kappa shape index (κ2) is 7.99. The maximum atomic E-state index is 12.3. The van der Waals surface area contributed by atoms with Gasteiger partial charge in [0, 0.05) is 11.3 Å². The Kier molecular flexibility index (Phi) is 6.64. The molecule has 5 nitrogen and oxygen atoms in total. The van der Waals surface area contributed by atoms with Crippen LogP contribution in [0.15, 0.2) is 35.2 Å². The van der Waals surface area contributed by atoms with Crippen molar-refractivity contribution in [2.24, 2.45) is 0 Å². The Morgan fingerprint density at radius 2 is 1.70 bits per heavy atom. The first kappa shape index (κ1) is 16.6. The summed E-state index contributed by atoms with van der Waals surface area (Å²) in [5, 5.41) is 9.53. The lowest BCUT2D eigenvalue weighted by atomic mass is 10.1. The predicted molar refractivity (Wildman–Crippen MR) is 77.8 cm³/mol. The van der Waals surface area contributed by atoms with Crippen LogP contribution >= 0.6 is 0 Å². The Morgan fingerprint density at radius 1 is 1.10 bits per heavy atom. The molecule has 6 heteroatoms. The van der Waals surface area contributed by atoms with Gasteiger partial charge in [0.2, 0.25) is 9.84 Å². The minimum Gasteiger partial charge on any atom is -0.263 e. The van der Waals surface area contributed by atoms with Crippen molar-refractivity contribution < 1.29 is 13.3 Å². The van der Waals surface area contributed by atoms with E-state index in [0.29, 0.717) is 6.42 Å². The van der Waals surface area contributed by atoms with Gasteiger partial charge in [0.25, 0.3) is 0 Å². The lowest BCUT2D eigenvalue weighted by molar-refractivity contribution is -0.498. The van der Waals surface area contributed by atoms with Crippen molar-refractivity contribution in [2.75, 3.05) is 0 Å². The molecule has 0 heterocycles. The highest BCUT2D eigenvalue weighted by Crippen LogP contribution is 2.21. The van der Waals surface area contributed by atoms with Gasteiger partial charge in [0.05, 0.1) is 4.90 Å². The van der Waals surface area contributed by atoms with Crippen LogP contribution in [0.4, 0.5) is 0 Å². The Balaban J connectivity index is 2.73. The molecule has 1 atom stereocenters. The third kappa shape index (κ3) is 4.59. The Hall–Kier alpha value is -1.43. The van der Waals surface area contributed by atoms with Crippen molar-refractivity contribution in [2.45, 2.75) is 55.7 Å². The lowest BCUT2D eigenvalue weighted by Gasteiger charge is -2.10. The molecule has 0 aliphatic carbocycles. The molecule has 0 fully saturated rings. The standard InChI is InChI=1S/C14H21NO4S/c1-2-3-4-5-9-12-14(15(16)17)20(18,19)13-10-7-6-8-11-13/h6-8,10-11,14H,2-5,9,12H2,1H3. The number of nitrogens with zero attached hydrogens (tertiary/aromatic N) is 1. The van der Waals surface area contributed by atoms with Gasteiger partial charge in [-0.15, -0.1) is 0 Å². The first-order valence-corrected chi connectivity index (χ1v) is 8.47. The summed E-state index contributed by atoms with van der Waals surface area (Å²) >= 11 is 0. The van der Waals surface area contributed by atoms with Crippen molar-refractivity contribution in [1.29, 1.82) is 0 Å². The molecule has 20 heavy (non-hydrogen) atoms. The van der Waals surface area contributed by atoms with Crippen molar-refractivity contribution in [1.82, 2.24) is 0 Å². The minimum absolute atomic E-state index is 0.0234. The molecule has 1 rings (SSSR count). The van der Waals surface area contributed by atoms with E-state index in [1.165, 1.54) is 12.1 Å². The van der Waals surface area contributed by atoms with Crippen LogP contribution in [0.2, 0.25) is 0 Å². The van der Waals surface area contributed by atoms with E-state index in [2.05, 4.69) is 6.92 Å². The second-order valence-electron chi connectivity index (χ2n) is 4.80. The van der Waals surface area contributed by atoms with Crippen molar-refractivity contribution in [3.05, 3.63) is 40.4 Å². The van der Waals surface area contributed by atoms with E-state index in [1.807, 2.05) is 0 Å². The highest BCUT2D eigenvalue weighted by atomic mass is 32.2. The normalized spacial score (nSPS) is 13.1. The molecule has 0 saturated carbocycles. The van der Waals surface area contributed by atoms with Crippen LogP contribution in [-0.2, 0) is 9.84 Å². The molecule has 1 aromatic rings. The fraction of sp³-hybridized carbons (Fsp3) is 0.571. The van der Waals surface area contributed by atoms with Gasteiger partial charge in [0.15, 0.2) is 0 Å². The van der Waals surface area contributed by atoms with Crippen LogP contribution in [0.25, 0.3) is 0 Å². The van der Waals surface area contributed by atoms with Gasteiger partial charge in [-0.2, -0.15) is 0 Å². The van der Waals surface area contributed by atoms with Gasteiger partial charge in [-0.05, 0) is 18.6 Å². The Bertz CT molecular complexity index is 513. The molecule has 0 amide bonds. The Morgan fingerprint density at radius 3 is 2.25 bits per heavy atom. The van der Waals surface area contributed by atoms with Crippen molar-refractivity contribution in [3.8, 4) is 0 Å². The summed E-state index contributed by atoms with van der Waals surface area (Å²) in [5.74, 6) is 0. The third-order valence-corrected chi connectivity index (χ3v) is 5.27. The molecule has 0 spiro atoms. The number of hydrogen-bond acceptors (Lipinski definition) is 4. The van der Waals surface area contributed by atoms with Crippen LogP contribution in [0.3, 0.4) is 0 Å². The average Bonchev–Trinajstić information content (AvgIpc) is 2.43. The summed E-state index contributed by atoms with van der Waals surface area (Å²) in [5.41, 5.74) is 0. The second-order valence-corrected chi connectivity index (χ2v) is 6.91. The van der Waals surface area contributed by atoms with Gasteiger partial charge in [-0.3, -0.25) is 10.1 Å². The number of unbranched alkanes of at least 4 members (excludes halogenated alkanes) is 4. The quantitative estimate of drug-likeness (QED) is 0.397. The van der Waals surface area contributed by atoms with E-state index in [-0.39, 0.29) is 11.3 Å². The van der Waals surface area contributed by atoms with E-state index >= 15 is 0 Å². The van der Waals surface area contributed by atoms with Crippen LogP contribution < -0.4 is 0 Å². The van der Waals surface area contributed by atoms with Crippen molar-refractivity contribution >= 4 is 9.84 Å². The largest absolute Gasteiger partial charge is 0.314 e. The van der Waals surface area contributed by atoms with Gasteiger partial charge in [-0.25, -0.2) is 8.42 Å². The SMILES string of the molecule is CCCCCCCC([N+](=O)[O-])S(=O)(=O)c1ccccc1. The van der Waals surface area contributed by atoms with E-state index < -0.39 is 20.1 Å².